The molecule has 0 fully saturated rings. The average Bonchev–Trinajstić information content (AvgIpc) is 2.33. The molecule has 5 heteroatoms. The number of hydrogen-bond acceptors (Lipinski definition) is 3. The topological polar surface area (TPSA) is 38.8 Å². The van der Waals surface area contributed by atoms with Gasteiger partial charge in [-0.25, -0.2) is 0 Å². The molecule has 0 radical (unpaired) electrons. The second-order valence-corrected chi connectivity index (χ2v) is 3.93. The largest absolute Gasteiger partial charge is 0.351 e. The van der Waals surface area contributed by atoms with E-state index in [4.69, 9.17) is 21.1 Å². The minimum atomic E-state index is -0.353. The van der Waals surface area contributed by atoms with Crippen LogP contribution in [0.2, 0.25) is 0 Å². The zero-order valence-corrected chi connectivity index (χ0v) is 11.8. The normalized spacial score (nSPS) is 10.9. The van der Waals surface area contributed by atoms with Crippen molar-refractivity contribution in [3.05, 3.63) is 0 Å². The summed E-state index contributed by atoms with van der Waals surface area (Å²) in [6, 6.07) is 0. The van der Waals surface area contributed by atoms with Crippen LogP contribution < -0.4 is 0 Å². The van der Waals surface area contributed by atoms with Gasteiger partial charge in [-0.1, -0.05) is 13.3 Å². The van der Waals surface area contributed by atoms with Gasteiger partial charge >= 0.3 is 0 Å². The maximum absolute atomic E-state index is 11.6. The Bertz CT molecular complexity index is 196. The molecule has 4 nitrogen and oxygen atoms in total. The summed E-state index contributed by atoms with van der Waals surface area (Å²) < 4.78 is 10.9. The fraction of sp³-hybridized carbons (Fsp3) is 0.917. The highest BCUT2D eigenvalue weighted by Gasteiger charge is 2.18. The van der Waals surface area contributed by atoms with Gasteiger partial charge in [-0.05, 0) is 20.3 Å². The Hall–Kier alpha value is -0.320. The highest BCUT2D eigenvalue weighted by molar-refractivity contribution is 6.27. The molecule has 0 bridgehead atoms. The maximum atomic E-state index is 11.6. The highest BCUT2D eigenvalue weighted by atomic mass is 35.5. The summed E-state index contributed by atoms with van der Waals surface area (Å²) >= 11 is 5.59. The van der Waals surface area contributed by atoms with Gasteiger partial charge in [-0.3, -0.25) is 4.79 Å². The summed E-state index contributed by atoms with van der Waals surface area (Å²) in [7, 11) is 0. The predicted octanol–water partition coefficient (Wildman–Crippen LogP) is 2.25. The van der Waals surface area contributed by atoms with Crippen LogP contribution in [0.1, 0.15) is 33.6 Å². The molecule has 0 aromatic carbocycles. The molecule has 0 rings (SSSR count). The summed E-state index contributed by atoms with van der Waals surface area (Å²) in [5.74, 6) is -0.0566. The first-order chi connectivity index (χ1) is 8.19. The summed E-state index contributed by atoms with van der Waals surface area (Å²) in [4.78, 5) is 13.4. The van der Waals surface area contributed by atoms with Gasteiger partial charge in [0.1, 0.15) is 5.88 Å². The van der Waals surface area contributed by atoms with Gasteiger partial charge < -0.3 is 14.4 Å². The standard InChI is InChI=1S/C12H24ClNO3/c1-4-7-8-14(11(15)9-13)10-12(16-5-2)17-6-3/h12H,4-10H2,1-3H3. The monoisotopic (exact) mass is 265 g/mol. The fourth-order valence-electron chi connectivity index (χ4n) is 1.46. The number of halogens is 1. The molecule has 0 atom stereocenters. The Balaban J connectivity index is 4.29. The van der Waals surface area contributed by atoms with Crippen LogP contribution in [0.5, 0.6) is 0 Å². The second kappa shape index (κ2) is 10.8. The molecule has 102 valence electrons. The molecule has 0 unspecified atom stereocenters. The molecule has 0 saturated carbocycles. The van der Waals surface area contributed by atoms with E-state index in [0.717, 1.165) is 12.8 Å². The van der Waals surface area contributed by atoms with E-state index < -0.39 is 0 Å². The number of unbranched alkanes of at least 4 members (excludes halogenated alkanes) is 1. The quantitative estimate of drug-likeness (QED) is 0.449. The first-order valence-electron chi connectivity index (χ1n) is 6.26. The molecule has 1 amide bonds. The molecular formula is C12H24ClNO3. The van der Waals surface area contributed by atoms with Crippen molar-refractivity contribution in [1.82, 2.24) is 4.90 Å². The number of ether oxygens (including phenoxy) is 2. The van der Waals surface area contributed by atoms with Crippen LogP contribution in [0.25, 0.3) is 0 Å². The number of carbonyl (C=O) groups is 1. The third-order valence-electron chi connectivity index (χ3n) is 2.32. The number of nitrogens with zero attached hydrogens (tertiary/aromatic N) is 1. The van der Waals surface area contributed by atoms with Gasteiger partial charge in [0.05, 0.1) is 6.54 Å². The first kappa shape index (κ1) is 16.7. The lowest BCUT2D eigenvalue weighted by Crippen LogP contribution is -2.41. The van der Waals surface area contributed by atoms with Crippen molar-refractivity contribution in [2.24, 2.45) is 0 Å². The van der Waals surface area contributed by atoms with Crippen molar-refractivity contribution in [1.29, 1.82) is 0 Å². The first-order valence-corrected chi connectivity index (χ1v) is 6.79. The summed E-state index contributed by atoms with van der Waals surface area (Å²) in [6.07, 6.45) is 1.65. The molecule has 0 aliphatic rings. The highest BCUT2D eigenvalue weighted by Crippen LogP contribution is 2.04. The molecule has 0 aliphatic carbocycles. The zero-order valence-electron chi connectivity index (χ0n) is 11.1. The van der Waals surface area contributed by atoms with Crippen LogP contribution in [0.15, 0.2) is 0 Å². The summed E-state index contributed by atoms with van der Waals surface area (Å²) in [5.41, 5.74) is 0. The molecule has 0 aliphatic heterocycles. The summed E-state index contributed by atoms with van der Waals surface area (Å²) in [5, 5.41) is 0. The number of carbonyl (C=O) groups excluding carboxylic acids is 1. The van der Waals surface area contributed by atoms with E-state index >= 15 is 0 Å². The smallest absolute Gasteiger partial charge is 0.237 e. The lowest BCUT2D eigenvalue weighted by molar-refractivity contribution is -0.157. The molecule has 0 N–H and O–H groups in total. The molecule has 0 aromatic rings. The van der Waals surface area contributed by atoms with E-state index in [2.05, 4.69) is 6.92 Å². The van der Waals surface area contributed by atoms with Crippen LogP contribution in [0, 0.1) is 0 Å². The van der Waals surface area contributed by atoms with Crippen molar-refractivity contribution in [3.8, 4) is 0 Å². The minimum Gasteiger partial charge on any atom is -0.351 e. The Kier molecular flexibility index (Phi) is 10.6. The lowest BCUT2D eigenvalue weighted by Gasteiger charge is -2.26. The molecule has 0 saturated heterocycles. The predicted molar refractivity (Wildman–Crippen MR) is 69.2 cm³/mol. The number of amides is 1. The zero-order chi connectivity index (χ0) is 13.1. The van der Waals surface area contributed by atoms with Gasteiger partial charge in [-0.15, -0.1) is 11.6 Å². The van der Waals surface area contributed by atoms with Crippen LogP contribution in [-0.2, 0) is 14.3 Å². The Labute approximate surface area is 109 Å². The van der Waals surface area contributed by atoms with Gasteiger partial charge in [0.15, 0.2) is 6.29 Å². The van der Waals surface area contributed by atoms with Crippen LogP contribution in [0.3, 0.4) is 0 Å². The molecule has 17 heavy (non-hydrogen) atoms. The molecule has 0 aromatic heterocycles. The van der Waals surface area contributed by atoms with Crippen LogP contribution in [-0.4, -0.2) is 49.3 Å². The van der Waals surface area contributed by atoms with Crippen molar-refractivity contribution in [2.75, 3.05) is 32.2 Å². The van der Waals surface area contributed by atoms with Crippen molar-refractivity contribution in [2.45, 2.75) is 39.9 Å². The van der Waals surface area contributed by atoms with E-state index in [1.807, 2.05) is 13.8 Å². The second-order valence-electron chi connectivity index (χ2n) is 3.67. The van der Waals surface area contributed by atoms with Gasteiger partial charge in [0.2, 0.25) is 5.91 Å². The average molecular weight is 266 g/mol. The SMILES string of the molecule is CCCCN(CC(OCC)OCC)C(=O)CCl. The van der Waals surface area contributed by atoms with Crippen LogP contribution >= 0.6 is 11.6 Å². The summed E-state index contributed by atoms with van der Waals surface area (Å²) in [6.45, 7) is 8.21. The number of rotatable bonds is 10. The van der Waals surface area contributed by atoms with E-state index in [0.29, 0.717) is 26.3 Å². The molecule has 0 spiro atoms. The van der Waals surface area contributed by atoms with Crippen LogP contribution in [0.4, 0.5) is 0 Å². The maximum Gasteiger partial charge on any atom is 0.237 e. The Morgan fingerprint density at radius 3 is 2.24 bits per heavy atom. The van der Waals surface area contributed by atoms with Gasteiger partial charge in [0.25, 0.3) is 0 Å². The Morgan fingerprint density at radius 1 is 1.24 bits per heavy atom. The van der Waals surface area contributed by atoms with Gasteiger partial charge in [0, 0.05) is 19.8 Å². The minimum absolute atomic E-state index is 0.00862. The van der Waals surface area contributed by atoms with Crippen molar-refractivity contribution in [3.63, 3.8) is 0 Å². The van der Waals surface area contributed by atoms with E-state index in [1.54, 1.807) is 4.90 Å². The van der Waals surface area contributed by atoms with Gasteiger partial charge in [-0.2, -0.15) is 0 Å². The lowest BCUT2D eigenvalue weighted by atomic mass is 10.3. The number of hydrogen-bond donors (Lipinski definition) is 0. The third kappa shape index (κ3) is 7.58. The van der Waals surface area contributed by atoms with Crippen molar-refractivity contribution >= 4 is 17.5 Å². The van der Waals surface area contributed by atoms with E-state index in [-0.39, 0.29) is 18.1 Å². The fourth-order valence-corrected chi connectivity index (χ4v) is 1.63. The molecule has 0 heterocycles. The van der Waals surface area contributed by atoms with Crippen molar-refractivity contribution < 1.29 is 14.3 Å². The van der Waals surface area contributed by atoms with E-state index in [1.165, 1.54) is 0 Å². The Morgan fingerprint density at radius 2 is 1.82 bits per heavy atom. The van der Waals surface area contributed by atoms with E-state index in [9.17, 15) is 4.79 Å². The molecular weight excluding hydrogens is 242 g/mol. The third-order valence-corrected chi connectivity index (χ3v) is 2.55. The number of alkyl halides is 1.